The zero-order valence-electron chi connectivity index (χ0n) is 8.35. The van der Waals surface area contributed by atoms with Gasteiger partial charge in [-0.2, -0.15) is 0 Å². The molecule has 2 aromatic heterocycles. The van der Waals surface area contributed by atoms with Gasteiger partial charge in [0.1, 0.15) is 0 Å². The first-order valence-electron chi connectivity index (χ1n) is 4.93. The summed E-state index contributed by atoms with van der Waals surface area (Å²) in [5.74, 6) is 0. The van der Waals surface area contributed by atoms with Gasteiger partial charge in [0, 0.05) is 22.0 Å². The number of aromatic nitrogens is 1. The molecule has 2 heterocycles. The van der Waals surface area contributed by atoms with Gasteiger partial charge >= 0.3 is 0 Å². The molecule has 0 spiro atoms. The maximum Gasteiger partial charge on any atom is 0.0934 e. The number of hydrogen-bond acceptors (Lipinski definition) is 2. The molecule has 0 N–H and O–H groups in total. The number of halogens is 1. The summed E-state index contributed by atoms with van der Waals surface area (Å²) in [5, 5.41) is 1.16. The Kier molecular flexibility index (Phi) is 2.39. The van der Waals surface area contributed by atoms with Crippen molar-refractivity contribution in [2.24, 2.45) is 0 Å². The molecule has 0 saturated heterocycles. The second-order valence-corrected chi connectivity index (χ2v) is 5.24. The van der Waals surface area contributed by atoms with Gasteiger partial charge in [0.25, 0.3) is 0 Å². The van der Waals surface area contributed by atoms with Crippen molar-refractivity contribution in [3.63, 3.8) is 0 Å². The van der Waals surface area contributed by atoms with Crippen molar-refractivity contribution in [2.45, 2.75) is 0 Å². The number of fused-ring (bicyclic) bond motifs is 1. The number of thiophene rings is 1. The van der Waals surface area contributed by atoms with Crippen molar-refractivity contribution in [3.05, 3.63) is 53.0 Å². The number of hydrogen-bond donors (Lipinski definition) is 0. The highest BCUT2D eigenvalue weighted by Crippen LogP contribution is 2.31. The SMILES string of the molecule is Clc1ccc(-c2cnc3ccccc3c2)s1. The molecule has 0 unspecified atom stereocenters. The molecule has 0 amide bonds. The molecule has 1 nitrogen and oxygen atoms in total. The maximum atomic E-state index is 5.93. The fourth-order valence-corrected chi connectivity index (χ4v) is 2.70. The van der Waals surface area contributed by atoms with E-state index in [-0.39, 0.29) is 0 Å². The van der Waals surface area contributed by atoms with Crippen molar-refractivity contribution < 1.29 is 0 Å². The molecule has 3 heteroatoms. The van der Waals surface area contributed by atoms with Gasteiger partial charge in [-0.05, 0) is 24.3 Å². The average molecular weight is 246 g/mol. The van der Waals surface area contributed by atoms with Crippen LogP contribution in [0.5, 0.6) is 0 Å². The number of para-hydroxylation sites is 1. The molecule has 0 fully saturated rings. The Bertz CT molecular complexity index is 645. The first-order chi connectivity index (χ1) is 7.83. The Morgan fingerprint density at radius 1 is 1.06 bits per heavy atom. The quantitative estimate of drug-likeness (QED) is 0.610. The van der Waals surface area contributed by atoms with Crippen LogP contribution in [0, 0.1) is 0 Å². The smallest absolute Gasteiger partial charge is 0.0934 e. The van der Waals surface area contributed by atoms with E-state index in [0.29, 0.717) is 0 Å². The van der Waals surface area contributed by atoms with Crippen molar-refractivity contribution in [1.82, 2.24) is 4.98 Å². The fraction of sp³-hybridized carbons (Fsp3) is 0. The van der Waals surface area contributed by atoms with Crippen molar-refractivity contribution in [2.75, 3.05) is 0 Å². The van der Waals surface area contributed by atoms with Crippen LogP contribution in [0.2, 0.25) is 4.34 Å². The Morgan fingerprint density at radius 3 is 2.75 bits per heavy atom. The summed E-state index contributed by atoms with van der Waals surface area (Å²) in [6, 6.07) is 14.2. The molecule has 1 aromatic carbocycles. The van der Waals surface area contributed by atoms with E-state index in [1.165, 1.54) is 0 Å². The predicted molar refractivity (Wildman–Crippen MR) is 70.1 cm³/mol. The minimum atomic E-state index is 0.808. The molecule has 0 bridgehead atoms. The van der Waals surface area contributed by atoms with Gasteiger partial charge in [-0.25, -0.2) is 0 Å². The lowest BCUT2D eigenvalue weighted by molar-refractivity contribution is 1.42. The van der Waals surface area contributed by atoms with Gasteiger partial charge in [-0.1, -0.05) is 29.8 Å². The van der Waals surface area contributed by atoms with Crippen LogP contribution in [0.3, 0.4) is 0 Å². The molecule has 3 rings (SSSR count). The molecule has 0 aliphatic heterocycles. The van der Waals surface area contributed by atoms with Crippen molar-refractivity contribution in [3.8, 4) is 10.4 Å². The van der Waals surface area contributed by atoms with E-state index in [1.54, 1.807) is 11.3 Å². The average Bonchev–Trinajstić information content (AvgIpc) is 2.75. The first-order valence-corrected chi connectivity index (χ1v) is 6.13. The van der Waals surface area contributed by atoms with E-state index in [4.69, 9.17) is 11.6 Å². The molecule has 0 saturated carbocycles. The lowest BCUT2D eigenvalue weighted by atomic mass is 10.1. The van der Waals surface area contributed by atoms with Crippen LogP contribution in [0.25, 0.3) is 21.3 Å². The Balaban J connectivity index is 2.18. The number of pyridine rings is 1. The van der Waals surface area contributed by atoms with Gasteiger partial charge in [0.2, 0.25) is 0 Å². The summed E-state index contributed by atoms with van der Waals surface area (Å²) >= 11 is 7.50. The summed E-state index contributed by atoms with van der Waals surface area (Å²) < 4.78 is 0.808. The number of benzene rings is 1. The zero-order chi connectivity index (χ0) is 11.0. The lowest BCUT2D eigenvalue weighted by Crippen LogP contribution is -1.79. The van der Waals surface area contributed by atoms with Gasteiger partial charge in [-0.15, -0.1) is 11.3 Å². The highest BCUT2D eigenvalue weighted by Gasteiger charge is 2.03. The van der Waals surface area contributed by atoms with Gasteiger partial charge in [0.15, 0.2) is 0 Å². The summed E-state index contributed by atoms with van der Waals surface area (Å²) in [4.78, 5) is 5.59. The first kappa shape index (κ1) is 9.82. The Morgan fingerprint density at radius 2 is 1.94 bits per heavy atom. The van der Waals surface area contributed by atoms with Crippen LogP contribution >= 0.6 is 22.9 Å². The molecule has 0 aliphatic rings. The topological polar surface area (TPSA) is 12.9 Å². The molecule has 0 atom stereocenters. The summed E-state index contributed by atoms with van der Waals surface area (Å²) in [5.41, 5.74) is 2.14. The van der Waals surface area contributed by atoms with E-state index in [0.717, 1.165) is 25.7 Å². The van der Waals surface area contributed by atoms with Crippen LogP contribution in [-0.2, 0) is 0 Å². The second-order valence-electron chi connectivity index (χ2n) is 3.52. The van der Waals surface area contributed by atoms with E-state index in [9.17, 15) is 0 Å². The third-order valence-corrected chi connectivity index (χ3v) is 3.73. The standard InChI is InChI=1S/C13H8ClNS/c14-13-6-5-12(16-13)10-7-9-3-1-2-4-11(9)15-8-10/h1-8H. The van der Waals surface area contributed by atoms with Gasteiger partial charge in [-0.3, -0.25) is 4.98 Å². The molecule has 16 heavy (non-hydrogen) atoms. The molecular formula is C13H8ClNS. The lowest BCUT2D eigenvalue weighted by Gasteiger charge is -2.00. The summed E-state index contributed by atoms with van der Waals surface area (Å²) in [7, 11) is 0. The highest BCUT2D eigenvalue weighted by molar-refractivity contribution is 7.19. The Hall–Kier alpha value is -1.38. The highest BCUT2D eigenvalue weighted by atomic mass is 35.5. The van der Waals surface area contributed by atoms with Gasteiger partial charge < -0.3 is 0 Å². The fourth-order valence-electron chi connectivity index (χ4n) is 1.68. The molecule has 78 valence electrons. The maximum absolute atomic E-state index is 5.93. The Labute approximate surface area is 102 Å². The van der Waals surface area contributed by atoms with Crippen LogP contribution in [0.1, 0.15) is 0 Å². The number of rotatable bonds is 1. The van der Waals surface area contributed by atoms with Crippen molar-refractivity contribution in [1.29, 1.82) is 0 Å². The van der Waals surface area contributed by atoms with Crippen molar-refractivity contribution >= 4 is 33.8 Å². The summed E-state index contributed by atoms with van der Waals surface area (Å²) in [6.45, 7) is 0. The van der Waals surface area contributed by atoms with Crippen LogP contribution in [0.15, 0.2) is 48.7 Å². The van der Waals surface area contributed by atoms with E-state index < -0.39 is 0 Å². The largest absolute Gasteiger partial charge is 0.256 e. The minimum absolute atomic E-state index is 0.808. The zero-order valence-corrected chi connectivity index (χ0v) is 9.92. The minimum Gasteiger partial charge on any atom is -0.256 e. The normalized spacial score (nSPS) is 10.8. The van der Waals surface area contributed by atoms with Crippen LogP contribution in [-0.4, -0.2) is 4.98 Å². The van der Waals surface area contributed by atoms with Gasteiger partial charge in [0.05, 0.1) is 9.85 Å². The van der Waals surface area contributed by atoms with E-state index >= 15 is 0 Å². The molecule has 0 aliphatic carbocycles. The molecular weight excluding hydrogens is 238 g/mol. The summed E-state index contributed by atoms with van der Waals surface area (Å²) in [6.07, 6.45) is 1.89. The molecule has 3 aromatic rings. The van der Waals surface area contributed by atoms with E-state index in [1.807, 2.05) is 36.5 Å². The third-order valence-electron chi connectivity index (χ3n) is 2.45. The van der Waals surface area contributed by atoms with Crippen LogP contribution < -0.4 is 0 Å². The third kappa shape index (κ3) is 1.70. The molecule has 0 radical (unpaired) electrons. The second kappa shape index (κ2) is 3.89. The predicted octanol–water partition coefficient (Wildman–Crippen LogP) is 4.62. The van der Waals surface area contributed by atoms with E-state index in [2.05, 4.69) is 17.1 Å². The number of nitrogens with zero attached hydrogens (tertiary/aromatic N) is 1. The monoisotopic (exact) mass is 245 g/mol. The van der Waals surface area contributed by atoms with Crippen LogP contribution in [0.4, 0.5) is 0 Å².